The normalized spacial score (nSPS) is 9.69. The van der Waals surface area contributed by atoms with Gasteiger partial charge in [0.2, 0.25) is 0 Å². The Morgan fingerprint density at radius 3 is 2.54 bits per heavy atom. The van der Waals surface area contributed by atoms with Gasteiger partial charge in [0.25, 0.3) is 0 Å². The largest absolute Gasteiger partial charge is 0.317 e. The number of aryl methyl sites for hydroxylation is 1. The maximum atomic E-state index is 8.57. The second kappa shape index (κ2) is 3.90. The molecule has 0 saturated carbocycles. The number of nitriles is 1. The summed E-state index contributed by atoms with van der Waals surface area (Å²) in [6.45, 7) is 2.54. The molecule has 0 aliphatic heterocycles. The van der Waals surface area contributed by atoms with Crippen molar-refractivity contribution in [2.75, 3.05) is 7.05 Å². The van der Waals surface area contributed by atoms with Crippen molar-refractivity contribution in [3.05, 3.63) is 11.6 Å². The molecule has 70 valence electrons. The molecular weight excluding hydrogens is 166 g/mol. The molecule has 0 aromatic carbocycles. The van der Waals surface area contributed by atoms with Crippen LogP contribution in [0.25, 0.3) is 0 Å². The second-order valence-electron chi connectivity index (χ2n) is 2.90. The summed E-state index contributed by atoms with van der Waals surface area (Å²) in [6.07, 6.45) is 2.88. The van der Waals surface area contributed by atoms with E-state index >= 15 is 0 Å². The van der Waals surface area contributed by atoms with Crippen LogP contribution in [0.3, 0.4) is 0 Å². The van der Waals surface area contributed by atoms with E-state index in [0.717, 1.165) is 18.1 Å². The van der Waals surface area contributed by atoms with Crippen LogP contribution in [-0.4, -0.2) is 26.7 Å². The lowest BCUT2D eigenvalue weighted by Gasteiger charge is -2.07. The second-order valence-corrected chi connectivity index (χ2v) is 2.90. The summed E-state index contributed by atoms with van der Waals surface area (Å²) in [6, 6.07) is 0. The van der Waals surface area contributed by atoms with Crippen molar-refractivity contribution in [3.8, 4) is 6.19 Å². The third-order valence-corrected chi connectivity index (χ3v) is 1.92. The maximum absolute atomic E-state index is 8.57. The van der Waals surface area contributed by atoms with Crippen molar-refractivity contribution in [3.63, 3.8) is 0 Å². The van der Waals surface area contributed by atoms with Crippen molar-refractivity contribution in [2.24, 2.45) is 7.05 Å². The Hall–Kier alpha value is -1.57. The standard InChI is InChI=1S/C8H13N5/c1-4-7-10-11-8(13(7)3)5-12(2)6-9/h4-5H2,1-3H3. The first-order valence-electron chi connectivity index (χ1n) is 4.17. The molecule has 5 nitrogen and oxygen atoms in total. The van der Waals surface area contributed by atoms with Crippen molar-refractivity contribution in [2.45, 2.75) is 19.9 Å². The molecule has 0 saturated heterocycles. The SMILES string of the molecule is CCc1nnc(CN(C)C#N)n1C. The highest BCUT2D eigenvalue weighted by Gasteiger charge is 2.07. The monoisotopic (exact) mass is 179 g/mol. The third-order valence-electron chi connectivity index (χ3n) is 1.92. The van der Waals surface area contributed by atoms with Gasteiger partial charge in [-0.05, 0) is 0 Å². The van der Waals surface area contributed by atoms with Crippen LogP contribution in [0.5, 0.6) is 0 Å². The number of hydrogen-bond donors (Lipinski definition) is 0. The van der Waals surface area contributed by atoms with Crippen LogP contribution in [0.2, 0.25) is 0 Å². The quantitative estimate of drug-likeness (QED) is 0.494. The van der Waals surface area contributed by atoms with Gasteiger partial charge in [-0.1, -0.05) is 6.92 Å². The average molecular weight is 179 g/mol. The average Bonchev–Trinajstić information content (AvgIpc) is 2.48. The molecule has 0 spiro atoms. The van der Waals surface area contributed by atoms with Gasteiger partial charge in [0.15, 0.2) is 12.0 Å². The maximum Gasteiger partial charge on any atom is 0.179 e. The molecular formula is C8H13N5. The predicted octanol–water partition coefficient (Wildman–Crippen LogP) is 0.290. The molecule has 1 aromatic heterocycles. The molecule has 1 aromatic rings. The highest BCUT2D eigenvalue weighted by molar-refractivity contribution is 4.95. The smallest absolute Gasteiger partial charge is 0.179 e. The Kier molecular flexibility index (Phi) is 2.85. The summed E-state index contributed by atoms with van der Waals surface area (Å²) in [7, 11) is 3.64. The number of rotatable bonds is 3. The fourth-order valence-corrected chi connectivity index (χ4v) is 1.09. The van der Waals surface area contributed by atoms with E-state index in [1.165, 1.54) is 4.90 Å². The van der Waals surface area contributed by atoms with Crippen molar-refractivity contribution >= 4 is 0 Å². The number of nitrogens with zero attached hydrogens (tertiary/aromatic N) is 5. The first-order valence-corrected chi connectivity index (χ1v) is 4.17. The van der Waals surface area contributed by atoms with Crippen LogP contribution in [0, 0.1) is 11.5 Å². The summed E-state index contributed by atoms with van der Waals surface area (Å²) >= 11 is 0. The van der Waals surface area contributed by atoms with Crippen LogP contribution in [-0.2, 0) is 20.0 Å². The molecule has 0 fully saturated rings. The molecule has 0 N–H and O–H groups in total. The molecule has 0 aliphatic rings. The van der Waals surface area contributed by atoms with Gasteiger partial charge in [0.1, 0.15) is 5.82 Å². The first-order chi connectivity index (χ1) is 6.19. The molecule has 0 amide bonds. The van der Waals surface area contributed by atoms with E-state index in [9.17, 15) is 0 Å². The zero-order chi connectivity index (χ0) is 9.84. The van der Waals surface area contributed by atoms with Gasteiger partial charge < -0.3 is 9.47 Å². The molecule has 0 bridgehead atoms. The van der Waals surface area contributed by atoms with Crippen LogP contribution in [0.4, 0.5) is 0 Å². The van der Waals surface area contributed by atoms with E-state index in [1.807, 2.05) is 24.7 Å². The van der Waals surface area contributed by atoms with Gasteiger partial charge >= 0.3 is 0 Å². The van der Waals surface area contributed by atoms with Crippen molar-refractivity contribution in [1.29, 1.82) is 5.26 Å². The van der Waals surface area contributed by atoms with E-state index < -0.39 is 0 Å². The van der Waals surface area contributed by atoms with E-state index in [0.29, 0.717) is 6.54 Å². The van der Waals surface area contributed by atoms with Crippen LogP contribution in [0.1, 0.15) is 18.6 Å². The summed E-state index contributed by atoms with van der Waals surface area (Å²) in [5.41, 5.74) is 0. The summed E-state index contributed by atoms with van der Waals surface area (Å²) in [5, 5.41) is 16.6. The molecule has 0 atom stereocenters. The van der Waals surface area contributed by atoms with Crippen molar-refractivity contribution < 1.29 is 0 Å². The Morgan fingerprint density at radius 2 is 2.08 bits per heavy atom. The number of aromatic nitrogens is 3. The van der Waals surface area contributed by atoms with E-state index in [4.69, 9.17) is 5.26 Å². The number of hydrogen-bond acceptors (Lipinski definition) is 4. The van der Waals surface area contributed by atoms with Crippen LogP contribution < -0.4 is 0 Å². The zero-order valence-corrected chi connectivity index (χ0v) is 8.15. The Morgan fingerprint density at radius 1 is 1.46 bits per heavy atom. The molecule has 0 aliphatic carbocycles. The molecule has 1 heterocycles. The lowest BCUT2D eigenvalue weighted by molar-refractivity contribution is 0.444. The van der Waals surface area contributed by atoms with Gasteiger partial charge in [-0.15, -0.1) is 10.2 Å². The first kappa shape index (κ1) is 9.52. The van der Waals surface area contributed by atoms with E-state index in [2.05, 4.69) is 10.2 Å². The minimum absolute atomic E-state index is 0.514. The van der Waals surface area contributed by atoms with E-state index in [1.54, 1.807) is 7.05 Å². The summed E-state index contributed by atoms with van der Waals surface area (Å²) < 4.78 is 1.92. The molecule has 0 unspecified atom stereocenters. The third kappa shape index (κ3) is 1.96. The predicted molar refractivity (Wildman–Crippen MR) is 47.5 cm³/mol. The van der Waals surface area contributed by atoms with Crippen LogP contribution in [0.15, 0.2) is 0 Å². The van der Waals surface area contributed by atoms with Gasteiger partial charge in [0, 0.05) is 20.5 Å². The highest BCUT2D eigenvalue weighted by Crippen LogP contribution is 2.01. The van der Waals surface area contributed by atoms with Crippen molar-refractivity contribution in [1.82, 2.24) is 19.7 Å². The summed E-state index contributed by atoms with van der Waals surface area (Å²) in [4.78, 5) is 1.52. The Balaban J connectivity index is 2.79. The minimum Gasteiger partial charge on any atom is -0.317 e. The van der Waals surface area contributed by atoms with Crippen LogP contribution >= 0.6 is 0 Å². The van der Waals surface area contributed by atoms with E-state index in [-0.39, 0.29) is 0 Å². The summed E-state index contributed by atoms with van der Waals surface area (Å²) in [5.74, 6) is 1.77. The fraction of sp³-hybridized carbons (Fsp3) is 0.625. The zero-order valence-electron chi connectivity index (χ0n) is 8.15. The van der Waals surface area contributed by atoms with Gasteiger partial charge in [-0.3, -0.25) is 0 Å². The molecule has 0 radical (unpaired) electrons. The Bertz CT molecular complexity index is 322. The minimum atomic E-state index is 0.514. The van der Waals surface area contributed by atoms with Gasteiger partial charge in [0.05, 0.1) is 6.54 Å². The fourth-order valence-electron chi connectivity index (χ4n) is 1.09. The lowest BCUT2D eigenvalue weighted by Crippen LogP contribution is -2.14. The van der Waals surface area contributed by atoms with Gasteiger partial charge in [-0.2, -0.15) is 5.26 Å². The molecule has 13 heavy (non-hydrogen) atoms. The molecule has 5 heteroatoms. The van der Waals surface area contributed by atoms with Gasteiger partial charge in [-0.25, -0.2) is 0 Å². The topological polar surface area (TPSA) is 57.7 Å². The lowest BCUT2D eigenvalue weighted by atomic mass is 10.4. The highest BCUT2D eigenvalue weighted by atomic mass is 15.3. The molecule has 1 rings (SSSR count). The Labute approximate surface area is 77.6 Å².